The van der Waals surface area contributed by atoms with Crippen molar-refractivity contribution in [3.63, 3.8) is 0 Å². The van der Waals surface area contributed by atoms with Crippen LogP contribution in [0, 0.1) is 0 Å². The molecule has 0 aliphatic rings. The molecule has 136 valence electrons. The molecule has 3 rings (SSSR count). The highest BCUT2D eigenvalue weighted by molar-refractivity contribution is 6.07. The van der Waals surface area contributed by atoms with E-state index in [1.807, 2.05) is 13.0 Å². The monoisotopic (exact) mass is 356 g/mol. The van der Waals surface area contributed by atoms with Crippen molar-refractivity contribution in [1.29, 1.82) is 0 Å². The van der Waals surface area contributed by atoms with Gasteiger partial charge in [-0.15, -0.1) is 0 Å². The van der Waals surface area contributed by atoms with Crippen LogP contribution in [0.25, 0.3) is 0 Å². The fraction of sp³-hybridized carbons (Fsp3) is 0.294. The summed E-state index contributed by atoms with van der Waals surface area (Å²) in [4.78, 5) is 24.7. The molecule has 0 radical (unpaired) electrons. The number of nitrogens with zero attached hydrogens (tertiary/aromatic N) is 4. The van der Waals surface area contributed by atoms with Crippen molar-refractivity contribution in [3.05, 3.63) is 54.0 Å². The molecule has 0 atom stereocenters. The van der Waals surface area contributed by atoms with E-state index in [1.165, 1.54) is 10.9 Å². The number of rotatable bonds is 7. The van der Waals surface area contributed by atoms with Crippen molar-refractivity contribution in [3.8, 4) is 0 Å². The van der Waals surface area contributed by atoms with E-state index >= 15 is 0 Å². The van der Waals surface area contributed by atoms with Crippen molar-refractivity contribution in [2.75, 3.05) is 11.9 Å². The highest BCUT2D eigenvalue weighted by atomic mass is 16.4. The van der Waals surface area contributed by atoms with Crippen molar-refractivity contribution in [2.24, 2.45) is 7.05 Å². The number of hydrogen-bond acceptors (Lipinski definition) is 5. The SMILES string of the molecule is CCCNC(=O)c1c(NC(=O)c2ccc(Cn3cccn3)o2)cnn1C. The van der Waals surface area contributed by atoms with Crippen LogP contribution in [-0.4, -0.2) is 37.9 Å². The second-order valence-electron chi connectivity index (χ2n) is 5.71. The summed E-state index contributed by atoms with van der Waals surface area (Å²) in [6, 6.07) is 5.11. The summed E-state index contributed by atoms with van der Waals surface area (Å²) in [5, 5.41) is 13.6. The topological polar surface area (TPSA) is 107 Å². The number of carbonyl (C=O) groups excluding carboxylic acids is 2. The third-order valence-corrected chi connectivity index (χ3v) is 3.70. The van der Waals surface area contributed by atoms with Gasteiger partial charge < -0.3 is 15.1 Å². The van der Waals surface area contributed by atoms with Gasteiger partial charge >= 0.3 is 0 Å². The van der Waals surface area contributed by atoms with E-state index in [2.05, 4.69) is 20.8 Å². The first kappa shape index (κ1) is 17.5. The Morgan fingerprint density at radius 1 is 1.23 bits per heavy atom. The van der Waals surface area contributed by atoms with Crippen molar-refractivity contribution >= 4 is 17.5 Å². The molecule has 26 heavy (non-hydrogen) atoms. The quantitative estimate of drug-likeness (QED) is 0.669. The molecule has 2 amide bonds. The minimum absolute atomic E-state index is 0.149. The van der Waals surface area contributed by atoms with Gasteiger partial charge in [0, 0.05) is 26.0 Å². The number of furan rings is 1. The Labute approximate surface area is 150 Å². The Hall–Kier alpha value is -3.36. The molecule has 0 aliphatic heterocycles. The van der Waals surface area contributed by atoms with Crippen LogP contribution in [0.2, 0.25) is 0 Å². The number of carbonyl (C=O) groups is 2. The summed E-state index contributed by atoms with van der Waals surface area (Å²) < 4.78 is 8.68. The molecular weight excluding hydrogens is 336 g/mol. The van der Waals surface area contributed by atoms with Gasteiger partial charge in [-0.05, 0) is 24.6 Å². The predicted molar refractivity (Wildman–Crippen MR) is 93.8 cm³/mol. The Balaban J connectivity index is 1.70. The van der Waals surface area contributed by atoms with Gasteiger partial charge in [0.25, 0.3) is 11.8 Å². The first-order valence-corrected chi connectivity index (χ1v) is 8.26. The molecule has 0 bridgehead atoms. The number of aromatic nitrogens is 4. The van der Waals surface area contributed by atoms with E-state index in [-0.39, 0.29) is 17.4 Å². The summed E-state index contributed by atoms with van der Waals surface area (Å²) >= 11 is 0. The smallest absolute Gasteiger partial charge is 0.291 e. The Morgan fingerprint density at radius 3 is 2.81 bits per heavy atom. The van der Waals surface area contributed by atoms with Crippen molar-refractivity contribution in [1.82, 2.24) is 24.9 Å². The van der Waals surface area contributed by atoms with Crippen LogP contribution >= 0.6 is 0 Å². The fourth-order valence-electron chi connectivity index (χ4n) is 2.44. The Kier molecular flexibility index (Phi) is 5.16. The number of amides is 2. The average Bonchev–Trinajstić information content (AvgIpc) is 3.35. The molecule has 0 aliphatic carbocycles. The first-order chi connectivity index (χ1) is 12.6. The molecule has 3 heterocycles. The van der Waals surface area contributed by atoms with Crippen molar-refractivity contribution in [2.45, 2.75) is 19.9 Å². The maximum Gasteiger partial charge on any atom is 0.291 e. The fourth-order valence-corrected chi connectivity index (χ4v) is 2.44. The van der Waals surface area contributed by atoms with Gasteiger partial charge in [0.05, 0.1) is 18.4 Å². The van der Waals surface area contributed by atoms with Crippen LogP contribution in [0.1, 0.15) is 40.1 Å². The van der Waals surface area contributed by atoms with E-state index in [0.717, 1.165) is 6.42 Å². The number of nitrogens with one attached hydrogen (secondary N) is 2. The zero-order valence-electron chi connectivity index (χ0n) is 14.6. The lowest BCUT2D eigenvalue weighted by molar-refractivity contribution is 0.0945. The van der Waals surface area contributed by atoms with Gasteiger partial charge in [0.2, 0.25) is 0 Å². The largest absolute Gasteiger partial charge is 0.454 e. The second kappa shape index (κ2) is 7.68. The molecule has 0 saturated heterocycles. The van der Waals surface area contributed by atoms with Crippen LogP contribution < -0.4 is 10.6 Å². The van der Waals surface area contributed by atoms with Gasteiger partial charge in [0.1, 0.15) is 11.5 Å². The zero-order chi connectivity index (χ0) is 18.5. The summed E-state index contributed by atoms with van der Waals surface area (Å²) in [5.41, 5.74) is 0.617. The van der Waals surface area contributed by atoms with Crippen LogP contribution in [0.3, 0.4) is 0 Å². The molecule has 0 spiro atoms. The predicted octanol–water partition coefficient (Wildman–Crippen LogP) is 1.65. The van der Waals surface area contributed by atoms with E-state index < -0.39 is 5.91 Å². The van der Waals surface area contributed by atoms with E-state index in [4.69, 9.17) is 4.42 Å². The van der Waals surface area contributed by atoms with E-state index in [1.54, 1.807) is 36.3 Å². The van der Waals surface area contributed by atoms with Crippen molar-refractivity contribution < 1.29 is 14.0 Å². The number of anilines is 1. The molecule has 2 N–H and O–H groups in total. The third kappa shape index (κ3) is 3.82. The molecule has 3 aromatic heterocycles. The van der Waals surface area contributed by atoms with Crippen LogP contribution in [-0.2, 0) is 13.6 Å². The minimum Gasteiger partial charge on any atom is -0.454 e. The van der Waals surface area contributed by atoms with Crippen LogP contribution in [0.5, 0.6) is 0 Å². The highest BCUT2D eigenvalue weighted by Crippen LogP contribution is 2.17. The number of hydrogen-bond donors (Lipinski definition) is 2. The first-order valence-electron chi connectivity index (χ1n) is 8.26. The minimum atomic E-state index is -0.450. The lowest BCUT2D eigenvalue weighted by Crippen LogP contribution is -2.27. The van der Waals surface area contributed by atoms with Gasteiger partial charge in [-0.3, -0.25) is 19.0 Å². The summed E-state index contributed by atoms with van der Waals surface area (Å²) in [7, 11) is 1.64. The van der Waals surface area contributed by atoms with E-state index in [0.29, 0.717) is 24.5 Å². The molecule has 9 heteroatoms. The van der Waals surface area contributed by atoms with E-state index in [9.17, 15) is 9.59 Å². The molecule has 3 aromatic rings. The zero-order valence-corrected chi connectivity index (χ0v) is 14.6. The summed E-state index contributed by atoms with van der Waals surface area (Å²) in [5.74, 6) is 0.0112. The van der Waals surface area contributed by atoms with Gasteiger partial charge in [-0.2, -0.15) is 10.2 Å². The molecule has 0 saturated carbocycles. The summed E-state index contributed by atoms with van der Waals surface area (Å²) in [6.07, 6.45) is 5.73. The average molecular weight is 356 g/mol. The van der Waals surface area contributed by atoms with Crippen LogP contribution in [0.4, 0.5) is 5.69 Å². The lowest BCUT2D eigenvalue weighted by atomic mass is 10.3. The number of aryl methyl sites for hydroxylation is 1. The standard InChI is InChI=1S/C17H20N6O3/c1-3-7-18-17(25)15-13(10-20-22(15)2)21-16(24)14-6-5-12(26-14)11-23-9-4-8-19-23/h4-6,8-10H,3,7,11H2,1-2H3,(H,18,25)(H,21,24). The maximum atomic E-state index is 12.4. The summed E-state index contributed by atoms with van der Waals surface area (Å²) in [6.45, 7) is 2.94. The second-order valence-corrected chi connectivity index (χ2v) is 5.71. The molecule has 0 aromatic carbocycles. The highest BCUT2D eigenvalue weighted by Gasteiger charge is 2.20. The third-order valence-electron chi connectivity index (χ3n) is 3.70. The molecule has 0 fully saturated rings. The Morgan fingerprint density at radius 2 is 2.08 bits per heavy atom. The van der Waals surface area contributed by atoms with Crippen LogP contribution in [0.15, 0.2) is 41.2 Å². The molecular formula is C17H20N6O3. The maximum absolute atomic E-state index is 12.4. The van der Waals surface area contributed by atoms with Gasteiger partial charge in [0.15, 0.2) is 5.76 Å². The molecule has 0 unspecified atom stereocenters. The lowest BCUT2D eigenvalue weighted by Gasteiger charge is -2.07. The van der Waals surface area contributed by atoms with Gasteiger partial charge in [-0.1, -0.05) is 6.92 Å². The Bertz CT molecular complexity index is 894. The normalized spacial score (nSPS) is 10.7. The molecule has 9 nitrogen and oxygen atoms in total. The van der Waals surface area contributed by atoms with Gasteiger partial charge in [-0.25, -0.2) is 0 Å².